The van der Waals surface area contributed by atoms with E-state index in [1.165, 1.54) is 11.3 Å². The Labute approximate surface area is 135 Å². The van der Waals surface area contributed by atoms with Crippen LogP contribution < -0.4 is 20.5 Å². The molecule has 116 valence electrons. The molecule has 0 saturated carbocycles. The summed E-state index contributed by atoms with van der Waals surface area (Å²) < 4.78 is 11.5. The van der Waals surface area contributed by atoms with Crippen LogP contribution >= 0.6 is 11.3 Å². The third-order valence-electron chi connectivity index (χ3n) is 3.56. The van der Waals surface area contributed by atoms with E-state index in [9.17, 15) is 4.79 Å². The zero-order chi connectivity index (χ0) is 15.8. The van der Waals surface area contributed by atoms with E-state index in [2.05, 4.69) is 10.3 Å². The Bertz CT molecular complexity index is 907. The lowest BCUT2D eigenvalue weighted by Gasteiger charge is -2.06. The normalized spacial score (nSPS) is 12.5. The molecule has 2 heterocycles. The Morgan fingerprint density at radius 3 is 3.00 bits per heavy atom. The molecule has 2 aromatic carbocycles. The van der Waals surface area contributed by atoms with E-state index in [0.29, 0.717) is 23.0 Å². The molecule has 3 aromatic rings. The minimum Gasteiger partial charge on any atom is -0.454 e. The highest BCUT2D eigenvalue weighted by Gasteiger charge is 2.14. The molecule has 6 nitrogen and oxygen atoms in total. The number of carbonyl (C=O) groups is 1. The smallest absolute Gasteiger partial charge is 0.251 e. The minimum atomic E-state index is -0.142. The molecule has 3 N–H and O–H groups in total. The van der Waals surface area contributed by atoms with E-state index >= 15 is 0 Å². The summed E-state index contributed by atoms with van der Waals surface area (Å²) >= 11 is 1.37. The molecule has 0 saturated heterocycles. The van der Waals surface area contributed by atoms with Gasteiger partial charge >= 0.3 is 0 Å². The van der Waals surface area contributed by atoms with E-state index in [-0.39, 0.29) is 12.7 Å². The second-order valence-corrected chi connectivity index (χ2v) is 6.17. The summed E-state index contributed by atoms with van der Waals surface area (Å²) in [5.74, 6) is 1.29. The molecule has 0 aliphatic carbocycles. The number of anilines is 1. The molecule has 1 amide bonds. The highest BCUT2D eigenvalue weighted by atomic mass is 32.1. The standard InChI is InChI=1S/C16H13N3O3S/c17-16-19-11-3-2-10(6-14(11)23-16)15(20)18-7-9-1-4-12-13(5-9)22-8-21-12/h1-6H,7-8H2,(H2,17,19)(H,18,20). The lowest BCUT2D eigenvalue weighted by molar-refractivity contribution is 0.0951. The van der Waals surface area contributed by atoms with Crippen LogP contribution in [0.3, 0.4) is 0 Å². The van der Waals surface area contributed by atoms with Gasteiger partial charge in [0.2, 0.25) is 6.79 Å². The van der Waals surface area contributed by atoms with E-state index in [4.69, 9.17) is 15.2 Å². The second-order valence-electron chi connectivity index (χ2n) is 5.10. The lowest BCUT2D eigenvalue weighted by Crippen LogP contribution is -2.22. The zero-order valence-corrected chi connectivity index (χ0v) is 12.9. The second kappa shape index (κ2) is 5.44. The fraction of sp³-hybridized carbons (Fsp3) is 0.125. The van der Waals surface area contributed by atoms with Gasteiger partial charge in [-0.05, 0) is 35.9 Å². The van der Waals surface area contributed by atoms with Crippen molar-refractivity contribution in [3.8, 4) is 11.5 Å². The molecule has 0 atom stereocenters. The summed E-state index contributed by atoms with van der Waals surface area (Å²) in [6.07, 6.45) is 0. The Morgan fingerprint density at radius 2 is 2.09 bits per heavy atom. The molecule has 0 radical (unpaired) electrons. The summed E-state index contributed by atoms with van der Waals surface area (Å²) in [5, 5.41) is 3.39. The van der Waals surface area contributed by atoms with Gasteiger partial charge in [0.1, 0.15) is 0 Å². The number of hydrogen-bond donors (Lipinski definition) is 2. The van der Waals surface area contributed by atoms with Gasteiger partial charge in [-0.25, -0.2) is 4.98 Å². The van der Waals surface area contributed by atoms with Crippen LogP contribution in [0.1, 0.15) is 15.9 Å². The fourth-order valence-electron chi connectivity index (χ4n) is 2.42. The summed E-state index contributed by atoms with van der Waals surface area (Å²) in [5.41, 5.74) is 8.02. The first-order valence-corrected chi connectivity index (χ1v) is 7.83. The average Bonchev–Trinajstić information content (AvgIpc) is 3.16. The van der Waals surface area contributed by atoms with Gasteiger partial charge in [0, 0.05) is 12.1 Å². The Morgan fingerprint density at radius 1 is 1.22 bits per heavy atom. The highest BCUT2D eigenvalue weighted by molar-refractivity contribution is 7.22. The van der Waals surface area contributed by atoms with Crippen LogP contribution in [0.5, 0.6) is 11.5 Å². The largest absolute Gasteiger partial charge is 0.454 e. The number of hydrogen-bond acceptors (Lipinski definition) is 6. The SMILES string of the molecule is Nc1nc2ccc(C(=O)NCc3ccc4c(c3)OCO4)cc2s1. The minimum absolute atomic E-state index is 0.142. The first kappa shape index (κ1) is 13.8. The maximum Gasteiger partial charge on any atom is 0.251 e. The fourth-order valence-corrected chi connectivity index (χ4v) is 3.19. The molecule has 0 bridgehead atoms. The Balaban J connectivity index is 1.48. The van der Waals surface area contributed by atoms with Gasteiger partial charge in [0.15, 0.2) is 16.6 Å². The maximum absolute atomic E-state index is 12.3. The van der Waals surface area contributed by atoms with Crippen molar-refractivity contribution in [2.75, 3.05) is 12.5 Å². The predicted molar refractivity (Wildman–Crippen MR) is 87.8 cm³/mol. The number of fused-ring (bicyclic) bond motifs is 2. The van der Waals surface area contributed by atoms with Gasteiger partial charge in [-0.3, -0.25) is 4.79 Å². The number of amides is 1. The van der Waals surface area contributed by atoms with Crippen molar-refractivity contribution >= 4 is 32.6 Å². The third-order valence-corrected chi connectivity index (χ3v) is 4.40. The van der Waals surface area contributed by atoms with Crippen LogP contribution in [0, 0.1) is 0 Å². The van der Waals surface area contributed by atoms with Gasteiger partial charge < -0.3 is 20.5 Å². The van der Waals surface area contributed by atoms with Crippen molar-refractivity contribution in [3.63, 3.8) is 0 Å². The maximum atomic E-state index is 12.3. The molecule has 0 fully saturated rings. The number of nitrogens with one attached hydrogen (secondary N) is 1. The van der Waals surface area contributed by atoms with Crippen molar-refractivity contribution in [1.82, 2.24) is 10.3 Å². The monoisotopic (exact) mass is 327 g/mol. The molecule has 0 spiro atoms. The van der Waals surface area contributed by atoms with Crippen LogP contribution in [0.4, 0.5) is 5.13 Å². The number of ether oxygens (including phenoxy) is 2. The van der Waals surface area contributed by atoms with Crippen molar-refractivity contribution in [1.29, 1.82) is 0 Å². The van der Waals surface area contributed by atoms with Crippen molar-refractivity contribution in [3.05, 3.63) is 47.5 Å². The van der Waals surface area contributed by atoms with Crippen LogP contribution in [0.15, 0.2) is 36.4 Å². The third kappa shape index (κ3) is 2.66. The van der Waals surface area contributed by atoms with Gasteiger partial charge in [-0.2, -0.15) is 0 Å². The van der Waals surface area contributed by atoms with Gasteiger partial charge in [-0.15, -0.1) is 0 Å². The summed E-state index contributed by atoms with van der Waals surface area (Å²) in [4.78, 5) is 16.5. The molecule has 1 aliphatic heterocycles. The number of nitrogens with zero attached hydrogens (tertiary/aromatic N) is 1. The number of nitrogen functional groups attached to an aromatic ring is 1. The lowest BCUT2D eigenvalue weighted by atomic mass is 10.1. The molecule has 23 heavy (non-hydrogen) atoms. The number of thiazole rings is 1. The van der Waals surface area contributed by atoms with E-state index < -0.39 is 0 Å². The topological polar surface area (TPSA) is 86.5 Å². The molecule has 7 heteroatoms. The number of aromatic nitrogens is 1. The molecule has 4 rings (SSSR count). The Kier molecular flexibility index (Phi) is 3.27. The van der Waals surface area contributed by atoms with E-state index in [0.717, 1.165) is 21.5 Å². The van der Waals surface area contributed by atoms with Crippen LogP contribution in [0.25, 0.3) is 10.2 Å². The van der Waals surface area contributed by atoms with E-state index in [1.54, 1.807) is 18.2 Å². The van der Waals surface area contributed by atoms with Crippen LogP contribution in [0.2, 0.25) is 0 Å². The van der Waals surface area contributed by atoms with Gasteiger partial charge in [0.25, 0.3) is 5.91 Å². The zero-order valence-electron chi connectivity index (χ0n) is 12.0. The van der Waals surface area contributed by atoms with Crippen molar-refractivity contribution in [2.24, 2.45) is 0 Å². The summed E-state index contributed by atoms with van der Waals surface area (Å²) in [7, 11) is 0. The van der Waals surface area contributed by atoms with Gasteiger partial charge in [0.05, 0.1) is 10.2 Å². The Hall–Kier alpha value is -2.80. The van der Waals surface area contributed by atoms with Crippen LogP contribution in [-0.4, -0.2) is 17.7 Å². The predicted octanol–water partition coefficient (Wildman–Crippen LogP) is 2.54. The van der Waals surface area contributed by atoms with E-state index in [1.807, 2.05) is 18.2 Å². The first-order valence-electron chi connectivity index (χ1n) is 7.02. The summed E-state index contributed by atoms with van der Waals surface area (Å²) in [6, 6.07) is 11.0. The molecular weight excluding hydrogens is 314 g/mol. The van der Waals surface area contributed by atoms with Crippen LogP contribution in [-0.2, 0) is 6.54 Å². The quantitative estimate of drug-likeness (QED) is 0.772. The molecule has 1 aliphatic rings. The first-order chi connectivity index (χ1) is 11.2. The van der Waals surface area contributed by atoms with Crippen molar-refractivity contribution < 1.29 is 14.3 Å². The number of benzene rings is 2. The van der Waals surface area contributed by atoms with Gasteiger partial charge in [-0.1, -0.05) is 17.4 Å². The molecule has 1 aromatic heterocycles. The highest BCUT2D eigenvalue weighted by Crippen LogP contribution is 2.32. The number of nitrogens with two attached hydrogens (primary N) is 1. The number of rotatable bonds is 3. The molecule has 0 unspecified atom stereocenters. The average molecular weight is 327 g/mol. The molecular formula is C16H13N3O3S. The summed E-state index contributed by atoms with van der Waals surface area (Å²) in [6.45, 7) is 0.654. The van der Waals surface area contributed by atoms with Crippen molar-refractivity contribution in [2.45, 2.75) is 6.54 Å². The number of carbonyl (C=O) groups excluding carboxylic acids is 1.